The first kappa shape index (κ1) is 20.4. The molecular formula is C22H22N2O4S. The van der Waals surface area contributed by atoms with Gasteiger partial charge in [0.15, 0.2) is 0 Å². The number of sulfonamides is 1. The zero-order chi connectivity index (χ0) is 20.9. The number of benzene rings is 3. The third-order valence-corrected chi connectivity index (χ3v) is 5.59. The summed E-state index contributed by atoms with van der Waals surface area (Å²) < 4.78 is 33.3. The Balaban J connectivity index is 1.82. The van der Waals surface area contributed by atoms with Crippen LogP contribution in [0.25, 0.3) is 0 Å². The van der Waals surface area contributed by atoms with Crippen molar-refractivity contribution >= 4 is 27.3 Å². The SMILES string of the molecule is CCOc1ccc(C(=O)Nc2ccccc2NS(=O)(=O)c2ccccc2)cc1C. The van der Waals surface area contributed by atoms with Gasteiger partial charge in [0.05, 0.1) is 22.9 Å². The van der Waals surface area contributed by atoms with Crippen molar-refractivity contribution in [2.75, 3.05) is 16.6 Å². The van der Waals surface area contributed by atoms with Crippen LogP contribution in [0.15, 0.2) is 77.7 Å². The Morgan fingerprint density at radius 2 is 1.59 bits per heavy atom. The predicted octanol–water partition coefficient (Wildman–Crippen LogP) is 4.45. The van der Waals surface area contributed by atoms with Gasteiger partial charge >= 0.3 is 0 Å². The predicted molar refractivity (Wildman–Crippen MR) is 114 cm³/mol. The van der Waals surface area contributed by atoms with Crippen molar-refractivity contribution < 1.29 is 17.9 Å². The Kier molecular flexibility index (Phi) is 6.19. The molecule has 3 rings (SSSR count). The first-order chi connectivity index (χ1) is 13.9. The van der Waals surface area contributed by atoms with Gasteiger partial charge in [-0.15, -0.1) is 0 Å². The fraction of sp³-hybridized carbons (Fsp3) is 0.136. The summed E-state index contributed by atoms with van der Waals surface area (Å²) in [4.78, 5) is 12.8. The lowest BCUT2D eigenvalue weighted by Crippen LogP contribution is -2.17. The smallest absolute Gasteiger partial charge is 0.261 e. The second-order valence-electron chi connectivity index (χ2n) is 6.33. The van der Waals surface area contributed by atoms with Crippen LogP contribution < -0.4 is 14.8 Å². The van der Waals surface area contributed by atoms with E-state index in [1.54, 1.807) is 60.7 Å². The number of aryl methyl sites for hydroxylation is 1. The minimum atomic E-state index is -3.77. The van der Waals surface area contributed by atoms with Gasteiger partial charge < -0.3 is 10.1 Å². The van der Waals surface area contributed by atoms with E-state index in [2.05, 4.69) is 10.0 Å². The minimum Gasteiger partial charge on any atom is -0.494 e. The second-order valence-corrected chi connectivity index (χ2v) is 8.01. The molecule has 0 heterocycles. The summed E-state index contributed by atoms with van der Waals surface area (Å²) in [5, 5.41) is 2.77. The molecule has 0 spiro atoms. The average Bonchev–Trinajstić information content (AvgIpc) is 2.71. The van der Waals surface area contributed by atoms with Gasteiger partial charge in [-0.05, 0) is 61.9 Å². The maximum atomic E-state index is 12.7. The second kappa shape index (κ2) is 8.79. The Bertz CT molecular complexity index is 1110. The van der Waals surface area contributed by atoms with E-state index >= 15 is 0 Å². The fourth-order valence-corrected chi connectivity index (χ4v) is 3.89. The molecule has 0 aliphatic rings. The van der Waals surface area contributed by atoms with E-state index < -0.39 is 10.0 Å². The number of carbonyl (C=O) groups is 1. The van der Waals surface area contributed by atoms with Crippen molar-refractivity contribution in [1.29, 1.82) is 0 Å². The lowest BCUT2D eigenvalue weighted by molar-refractivity contribution is 0.102. The molecule has 0 aromatic heterocycles. The van der Waals surface area contributed by atoms with Crippen LogP contribution in [-0.2, 0) is 10.0 Å². The molecule has 0 saturated carbocycles. The van der Waals surface area contributed by atoms with Crippen molar-refractivity contribution in [3.8, 4) is 5.75 Å². The highest BCUT2D eigenvalue weighted by Gasteiger charge is 2.17. The van der Waals surface area contributed by atoms with E-state index in [0.717, 1.165) is 11.3 Å². The van der Waals surface area contributed by atoms with Crippen molar-refractivity contribution in [3.63, 3.8) is 0 Å². The molecule has 6 nitrogen and oxygen atoms in total. The van der Waals surface area contributed by atoms with Crippen LogP contribution in [0.3, 0.4) is 0 Å². The van der Waals surface area contributed by atoms with Gasteiger partial charge in [-0.3, -0.25) is 9.52 Å². The third-order valence-electron chi connectivity index (χ3n) is 4.21. The molecule has 3 aromatic rings. The van der Waals surface area contributed by atoms with Gasteiger partial charge in [-0.25, -0.2) is 8.42 Å². The molecule has 0 aliphatic carbocycles. The third kappa shape index (κ3) is 4.94. The molecule has 0 radical (unpaired) electrons. The molecule has 0 saturated heterocycles. The van der Waals surface area contributed by atoms with Crippen molar-refractivity contribution in [2.45, 2.75) is 18.7 Å². The molecule has 3 aromatic carbocycles. The molecule has 2 N–H and O–H groups in total. The molecule has 0 atom stereocenters. The van der Waals surface area contributed by atoms with Crippen LogP contribution in [0, 0.1) is 6.92 Å². The molecule has 0 bridgehead atoms. The molecule has 150 valence electrons. The molecule has 0 unspecified atom stereocenters. The normalized spacial score (nSPS) is 11.0. The van der Waals surface area contributed by atoms with E-state index in [0.29, 0.717) is 17.9 Å². The number of ether oxygens (including phenoxy) is 1. The Morgan fingerprint density at radius 3 is 2.24 bits per heavy atom. The quantitative estimate of drug-likeness (QED) is 0.603. The van der Waals surface area contributed by atoms with E-state index in [9.17, 15) is 13.2 Å². The van der Waals surface area contributed by atoms with Crippen LogP contribution >= 0.6 is 0 Å². The highest BCUT2D eigenvalue weighted by molar-refractivity contribution is 7.92. The van der Waals surface area contributed by atoms with E-state index in [1.165, 1.54) is 12.1 Å². The summed E-state index contributed by atoms with van der Waals surface area (Å²) in [6.45, 7) is 4.30. The zero-order valence-corrected chi connectivity index (χ0v) is 17.0. The highest BCUT2D eigenvalue weighted by atomic mass is 32.2. The summed E-state index contributed by atoms with van der Waals surface area (Å²) in [5.41, 5.74) is 1.94. The molecule has 1 amide bonds. The number of carbonyl (C=O) groups excluding carboxylic acids is 1. The number of nitrogens with one attached hydrogen (secondary N) is 2. The van der Waals surface area contributed by atoms with Crippen LogP contribution in [-0.4, -0.2) is 20.9 Å². The largest absolute Gasteiger partial charge is 0.494 e. The summed E-state index contributed by atoms with van der Waals surface area (Å²) in [6, 6.07) is 19.9. The maximum Gasteiger partial charge on any atom is 0.261 e. The lowest BCUT2D eigenvalue weighted by atomic mass is 10.1. The lowest BCUT2D eigenvalue weighted by Gasteiger charge is -2.14. The number of amides is 1. The monoisotopic (exact) mass is 410 g/mol. The van der Waals surface area contributed by atoms with Crippen LogP contribution in [0.4, 0.5) is 11.4 Å². The number of para-hydroxylation sites is 2. The molecule has 29 heavy (non-hydrogen) atoms. The van der Waals surface area contributed by atoms with Gasteiger partial charge in [0, 0.05) is 5.56 Å². The first-order valence-electron chi connectivity index (χ1n) is 9.12. The van der Waals surface area contributed by atoms with Crippen LogP contribution in [0.5, 0.6) is 5.75 Å². The van der Waals surface area contributed by atoms with Gasteiger partial charge in [0.2, 0.25) is 0 Å². The summed E-state index contributed by atoms with van der Waals surface area (Å²) >= 11 is 0. The molecule has 7 heteroatoms. The van der Waals surface area contributed by atoms with Crippen molar-refractivity contribution in [1.82, 2.24) is 0 Å². The standard InChI is InChI=1S/C22H22N2O4S/c1-3-28-21-14-13-17(15-16(21)2)22(25)23-19-11-7-8-12-20(19)24-29(26,27)18-9-5-4-6-10-18/h4-15,24H,3H2,1-2H3,(H,23,25). The number of hydrogen-bond acceptors (Lipinski definition) is 4. The van der Waals surface area contributed by atoms with Crippen molar-refractivity contribution in [3.05, 3.63) is 83.9 Å². The van der Waals surface area contributed by atoms with Crippen LogP contribution in [0.2, 0.25) is 0 Å². The average molecular weight is 410 g/mol. The Morgan fingerprint density at radius 1 is 0.931 bits per heavy atom. The topological polar surface area (TPSA) is 84.5 Å². The first-order valence-corrected chi connectivity index (χ1v) is 10.6. The van der Waals surface area contributed by atoms with E-state index in [1.807, 2.05) is 13.8 Å². The molecule has 0 aliphatic heterocycles. The minimum absolute atomic E-state index is 0.142. The highest BCUT2D eigenvalue weighted by Crippen LogP contribution is 2.26. The number of anilines is 2. The summed E-state index contributed by atoms with van der Waals surface area (Å²) in [6.07, 6.45) is 0. The Labute approximate surface area is 170 Å². The number of hydrogen-bond donors (Lipinski definition) is 2. The van der Waals surface area contributed by atoms with E-state index in [4.69, 9.17) is 4.74 Å². The van der Waals surface area contributed by atoms with Gasteiger partial charge in [-0.1, -0.05) is 30.3 Å². The fourth-order valence-electron chi connectivity index (χ4n) is 2.79. The van der Waals surface area contributed by atoms with Gasteiger partial charge in [0.1, 0.15) is 5.75 Å². The number of rotatable bonds is 7. The molecule has 0 fully saturated rings. The van der Waals surface area contributed by atoms with Gasteiger partial charge in [-0.2, -0.15) is 0 Å². The Hall–Kier alpha value is -3.32. The maximum absolute atomic E-state index is 12.7. The summed E-state index contributed by atoms with van der Waals surface area (Å²) in [5.74, 6) is 0.377. The van der Waals surface area contributed by atoms with E-state index in [-0.39, 0.29) is 16.5 Å². The van der Waals surface area contributed by atoms with Crippen molar-refractivity contribution in [2.24, 2.45) is 0 Å². The summed E-state index contributed by atoms with van der Waals surface area (Å²) in [7, 11) is -3.77. The zero-order valence-electron chi connectivity index (χ0n) is 16.2. The van der Waals surface area contributed by atoms with Crippen LogP contribution in [0.1, 0.15) is 22.8 Å². The molecular weight excluding hydrogens is 388 g/mol. The van der Waals surface area contributed by atoms with Gasteiger partial charge in [0.25, 0.3) is 15.9 Å².